The van der Waals surface area contributed by atoms with E-state index in [0.717, 1.165) is 0 Å². The Balaban J connectivity index is 2.24. The van der Waals surface area contributed by atoms with Crippen molar-refractivity contribution in [2.45, 2.75) is 26.2 Å². The number of halogens is 2. The molecule has 1 saturated heterocycles. The number of piperidine rings is 1. The van der Waals surface area contributed by atoms with Crippen LogP contribution in [-0.4, -0.2) is 24.7 Å². The van der Waals surface area contributed by atoms with Crippen LogP contribution in [0, 0.1) is 11.6 Å². The minimum absolute atomic E-state index is 0.172. The highest BCUT2D eigenvalue weighted by Gasteiger charge is 2.20. The number of rotatable bonds is 3. The lowest BCUT2D eigenvalue weighted by Gasteiger charge is -2.28. The summed E-state index contributed by atoms with van der Waals surface area (Å²) in [4.78, 5) is 23.9. The molecule has 1 aromatic carbocycles. The largest absolute Gasteiger partial charge is 0.370 e. The molecule has 0 radical (unpaired) electrons. The molecule has 0 aliphatic carbocycles. The molecule has 2 rings (SSSR count). The zero-order chi connectivity index (χ0) is 14.0. The quantitative estimate of drug-likeness (QED) is 0.843. The van der Waals surface area contributed by atoms with Gasteiger partial charge in [-0.25, -0.2) is 8.78 Å². The van der Waals surface area contributed by atoms with Crippen LogP contribution in [0.25, 0.3) is 0 Å². The van der Waals surface area contributed by atoms with E-state index in [1.54, 1.807) is 4.90 Å². The van der Waals surface area contributed by atoms with Gasteiger partial charge in [0.25, 0.3) is 0 Å². The Morgan fingerprint density at radius 1 is 1.21 bits per heavy atom. The summed E-state index contributed by atoms with van der Waals surface area (Å²) in [5.74, 6) is -1.52. The Hall–Kier alpha value is -1.78. The zero-order valence-electron chi connectivity index (χ0n) is 10.7. The van der Waals surface area contributed by atoms with Crippen molar-refractivity contribution in [3.63, 3.8) is 0 Å². The summed E-state index contributed by atoms with van der Waals surface area (Å²) in [5.41, 5.74) is 0.235. The fraction of sp³-hybridized carbons (Fsp3) is 0.429. The number of ketones is 2. The SMILES string of the molecule is CC(=O)Cc1c(F)cc(N2CCC(=O)CC2)cc1F. The molecule has 1 aliphatic rings. The number of nitrogens with zero attached hydrogens (tertiary/aromatic N) is 1. The molecule has 1 fully saturated rings. The third-order valence-corrected chi connectivity index (χ3v) is 3.24. The molecule has 0 unspecified atom stereocenters. The normalized spacial score (nSPS) is 15.7. The van der Waals surface area contributed by atoms with Crippen molar-refractivity contribution < 1.29 is 18.4 Å². The van der Waals surface area contributed by atoms with Crippen LogP contribution in [0.15, 0.2) is 12.1 Å². The van der Waals surface area contributed by atoms with Crippen molar-refractivity contribution >= 4 is 17.3 Å². The summed E-state index contributed by atoms with van der Waals surface area (Å²) in [6.45, 7) is 2.25. The number of anilines is 1. The third kappa shape index (κ3) is 3.16. The average Bonchev–Trinajstić information content (AvgIpc) is 2.34. The van der Waals surface area contributed by atoms with Crippen molar-refractivity contribution in [3.05, 3.63) is 29.3 Å². The van der Waals surface area contributed by atoms with Crippen LogP contribution in [0.1, 0.15) is 25.3 Å². The highest BCUT2D eigenvalue weighted by Crippen LogP contribution is 2.24. The van der Waals surface area contributed by atoms with Gasteiger partial charge in [0.15, 0.2) is 0 Å². The minimum Gasteiger partial charge on any atom is -0.370 e. The Morgan fingerprint density at radius 3 is 2.21 bits per heavy atom. The summed E-state index contributed by atoms with van der Waals surface area (Å²) in [5, 5.41) is 0. The number of hydrogen-bond acceptors (Lipinski definition) is 3. The van der Waals surface area contributed by atoms with E-state index in [4.69, 9.17) is 0 Å². The van der Waals surface area contributed by atoms with E-state index >= 15 is 0 Å². The van der Waals surface area contributed by atoms with E-state index in [0.29, 0.717) is 31.6 Å². The van der Waals surface area contributed by atoms with Crippen molar-refractivity contribution in [3.8, 4) is 0 Å². The molecular weight excluding hydrogens is 252 g/mol. The molecular formula is C14H15F2NO2. The molecule has 0 N–H and O–H groups in total. The van der Waals surface area contributed by atoms with E-state index in [1.807, 2.05) is 0 Å². The molecule has 0 spiro atoms. The topological polar surface area (TPSA) is 37.4 Å². The van der Waals surface area contributed by atoms with Crippen LogP contribution in [0.4, 0.5) is 14.5 Å². The number of carbonyl (C=O) groups is 2. The second-order valence-corrected chi connectivity index (χ2v) is 4.79. The maximum atomic E-state index is 13.8. The van der Waals surface area contributed by atoms with E-state index in [9.17, 15) is 18.4 Å². The molecule has 102 valence electrons. The van der Waals surface area contributed by atoms with Gasteiger partial charge in [0, 0.05) is 43.6 Å². The van der Waals surface area contributed by atoms with E-state index < -0.39 is 11.6 Å². The second-order valence-electron chi connectivity index (χ2n) is 4.79. The Kier molecular flexibility index (Phi) is 3.93. The molecule has 19 heavy (non-hydrogen) atoms. The number of carbonyl (C=O) groups excluding carboxylic acids is 2. The molecule has 1 aromatic rings. The van der Waals surface area contributed by atoms with Crippen LogP contribution >= 0.6 is 0 Å². The summed E-state index contributed by atoms with van der Waals surface area (Å²) < 4.78 is 27.6. The molecule has 1 heterocycles. The molecule has 0 amide bonds. The molecule has 5 heteroatoms. The van der Waals surface area contributed by atoms with Gasteiger partial charge in [-0.3, -0.25) is 9.59 Å². The van der Waals surface area contributed by atoms with Crippen molar-refractivity contribution in [2.75, 3.05) is 18.0 Å². The van der Waals surface area contributed by atoms with Crippen LogP contribution in [0.5, 0.6) is 0 Å². The van der Waals surface area contributed by atoms with Gasteiger partial charge in [-0.05, 0) is 19.1 Å². The Bertz CT molecular complexity index is 495. The van der Waals surface area contributed by atoms with Gasteiger partial charge in [-0.2, -0.15) is 0 Å². The highest BCUT2D eigenvalue weighted by molar-refractivity contribution is 5.81. The van der Waals surface area contributed by atoms with Crippen molar-refractivity contribution in [1.29, 1.82) is 0 Å². The lowest BCUT2D eigenvalue weighted by atomic mass is 10.1. The zero-order valence-corrected chi connectivity index (χ0v) is 10.7. The summed E-state index contributed by atoms with van der Waals surface area (Å²) >= 11 is 0. The van der Waals surface area contributed by atoms with E-state index in [-0.39, 0.29) is 23.6 Å². The van der Waals surface area contributed by atoms with Crippen LogP contribution in [0.3, 0.4) is 0 Å². The predicted molar refractivity (Wildman–Crippen MR) is 67.2 cm³/mol. The first-order valence-corrected chi connectivity index (χ1v) is 6.21. The van der Waals surface area contributed by atoms with Gasteiger partial charge in [0.1, 0.15) is 23.2 Å². The van der Waals surface area contributed by atoms with Gasteiger partial charge < -0.3 is 4.90 Å². The number of hydrogen-bond donors (Lipinski definition) is 0. The maximum Gasteiger partial charge on any atom is 0.136 e. The summed E-state index contributed by atoms with van der Waals surface area (Å²) in [7, 11) is 0. The third-order valence-electron chi connectivity index (χ3n) is 3.24. The van der Waals surface area contributed by atoms with Crippen LogP contribution < -0.4 is 4.90 Å². The molecule has 0 saturated carbocycles. The maximum absolute atomic E-state index is 13.8. The Morgan fingerprint density at radius 2 is 1.74 bits per heavy atom. The lowest BCUT2D eigenvalue weighted by molar-refractivity contribution is -0.119. The van der Waals surface area contributed by atoms with Crippen molar-refractivity contribution in [2.24, 2.45) is 0 Å². The smallest absolute Gasteiger partial charge is 0.136 e. The molecule has 1 aliphatic heterocycles. The van der Waals surface area contributed by atoms with Gasteiger partial charge in [-0.1, -0.05) is 0 Å². The average molecular weight is 267 g/mol. The van der Waals surface area contributed by atoms with E-state index in [1.165, 1.54) is 19.1 Å². The standard InChI is InChI=1S/C14H15F2NO2/c1-9(18)6-12-13(15)7-10(8-14(12)16)17-4-2-11(19)3-5-17/h7-8H,2-6H2,1H3. The van der Waals surface area contributed by atoms with Crippen molar-refractivity contribution in [1.82, 2.24) is 0 Å². The fourth-order valence-electron chi connectivity index (χ4n) is 2.20. The van der Waals surface area contributed by atoms with Crippen LogP contribution in [-0.2, 0) is 16.0 Å². The molecule has 0 bridgehead atoms. The summed E-state index contributed by atoms with van der Waals surface area (Å²) in [6.07, 6.45) is 0.563. The van der Waals surface area contributed by atoms with Gasteiger partial charge in [-0.15, -0.1) is 0 Å². The monoisotopic (exact) mass is 267 g/mol. The Labute approximate surface area is 110 Å². The van der Waals surface area contributed by atoms with Gasteiger partial charge in [0.05, 0.1) is 0 Å². The predicted octanol–water partition coefficient (Wildman–Crippen LogP) is 2.27. The summed E-state index contributed by atoms with van der Waals surface area (Å²) in [6, 6.07) is 2.47. The lowest BCUT2D eigenvalue weighted by Crippen LogP contribution is -2.33. The van der Waals surface area contributed by atoms with Gasteiger partial charge >= 0.3 is 0 Å². The first-order valence-electron chi connectivity index (χ1n) is 6.21. The van der Waals surface area contributed by atoms with E-state index in [2.05, 4.69) is 0 Å². The van der Waals surface area contributed by atoms with Gasteiger partial charge in [0.2, 0.25) is 0 Å². The highest BCUT2D eigenvalue weighted by atomic mass is 19.1. The second kappa shape index (κ2) is 5.47. The molecule has 0 aromatic heterocycles. The first-order chi connectivity index (χ1) is 8.97. The first kappa shape index (κ1) is 13.6. The molecule has 3 nitrogen and oxygen atoms in total. The van der Waals surface area contributed by atoms with Crippen LogP contribution in [0.2, 0.25) is 0 Å². The fourth-order valence-corrected chi connectivity index (χ4v) is 2.20. The number of benzene rings is 1. The molecule has 0 atom stereocenters. The minimum atomic E-state index is -0.706. The number of Topliss-reactive ketones (excluding diaryl/α,β-unsaturated/α-hetero) is 2.